The van der Waals surface area contributed by atoms with Crippen molar-refractivity contribution in [3.8, 4) is 22.8 Å². The zero-order valence-corrected chi connectivity index (χ0v) is 16.3. The predicted molar refractivity (Wildman–Crippen MR) is 105 cm³/mol. The van der Waals surface area contributed by atoms with Crippen LogP contribution in [-0.2, 0) is 11.3 Å². The van der Waals surface area contributed by atoms with Gasteiger partial charge in [0.1, 0.15) is 12.3 Å². The minimum Gasteiger partial charge on any atom is -0.493 e. The third-order valence-corrected chi connectivity index (χ3v) is 4.20. The van der Waals surface area contributed by atoms with E-state index in [4.69, 9.17) is 18.7 Å². The van der Waals surface area contributed by atoms with Crippen LogP contribution in [0.15, 0.2) is 53.1 Å². The molecule has 1 aromatic heterocycles. The third kappa shape index (κ3) is 4.25. The summed E-state index contributed by atoms with van der Waals surface area (Å²) < 4.78 is 21.2. The number of carbonyl (C=O) groups excluding carboxylic acids is 1. The first-order chi connectivity index (χ1) is 13.5. The van der Waals surface area contributed by atoms with Crippen LogP contribution in [0.1, 0.15) is 16.1 Å². The fourth-order valence-electron chi connectivity index (χ4n) is 2.62. The summed E-state index contributed by atoms with van der Waals surface area (Å²) in [6, 6.07) is 14.3. The van der Waals surface area contributed by atoms with E-state index in [-0.39, 0.29) is 6.61 Å². The second-order valence-electron chi connectivity index (χ2n) is 6.27. The predicted octanol–water partition coefficient (Wildman–Crippen LogP) is 3.78. The van der Waals surface area contributed by atoms with Crippen LogP contribution >= 0.6 is 0 Å². The van der Waals surface area contributed by atoms with E-state index >= 15 is 0 Å². The molecule has 0 saturated heterocycles. The minimum atomic E-state index is -0.416. The van der Waals surface area contributed by atoms with Gasteiger partial charge in [0.15, 0.2) is 17.3 Å². The standard InChI is InChI=1S/C21H22N2O5/c1-23(2)17-8-5-14(6-9-17)21(24)27-13-16-12-19(28-22-16)15-7-10-18(25-3)20(11-15)26-4/h5-12H,13H2,1-4H3. The maximum Gasteiger partial charge on any atom is 0.338 e. The Labute approximate surface area is 163 Å². The van der Waals surface area contributed by atoms with E-state index in [1.54, 1.807) is 44.6 Å². The molecule has 0 N–H and O–H groups in total. The second kappa shape index (κ2) is 8.47. The number of nitrogens with zero attached hydrogens (tertiary/aromatic N) is 2. The third-order valence-electron chi connectivity index (χ3n) is 4.20. The van der Waals surface area contributed by atoms with Crippen LogP contribution in [0.25, 0.3) is 11.3 Å². The molecule has 3 rings (SSSR count). The van der Waals surface area contributed by atoms with Crippen molar-refractivity contribution in [2.75, 3.05) is 33.2 Å². The summed E-state index contributed by atoms with van der Waals surface area (Å²) in [5.74, 6) is 1.34. The van der Waals surface area contributed by atoms with Crippen LogP contribution < -0.4 is 14.4 Å². The van der Waals surface area contributed by atoms with Gasteiger partial charge in [-0.25, -0.2) is 4.79 Å². The van der Waals surface area contributed by atoms with Crippen molar-refractivity contribution in [1.29, 1.82) is 0 Å². The fourth-order valence-corrected chi connectivity index (χ4v) is 2.62. The molecule has 0 radical (unpaired) electrons. The topological polar surface area (TPSA) is 74.0 Å². The molecule has 0 unspecified atom stereocenters. The average molecular weight is 382 g/mol. The van der Waals surface area contributed by atoms with Crippen LogP contribution in [-0.4, -0.2) is 39.4 Å². The van der Waals surface area contributed by atoms with Crippen LogP contribution in [0.3, 0.4) is 0 Å². The Morgan fingerprint density at radius 2 is 1.71 bits per heavy atom. The number of ether oxygens (including phenoxy) is 3. The Morgan fingerprint density at radius 1 is 1.00 bits per heavy atom. The van der Waals surface area contributed by atoms with Crippen LogP contribution in [0, 0.1) is 0 Å². The smallest absolute Gasteiger partial charge is 0.338 e. The number of hydrogen-bond donors (Lipinski definition) is 0. The first kappa shape index (κ1) is 19.3. The molecule has 7 heteroatoms. The average Bonchev–Trinajstić information content (AvgIpc) is 3.20. The van der Waals surface area contributed by atoms with Gasteiger partial charge < -0.3 is 23.6 Å². The number of aromatic nitrogens is 1. The quantitative estimate of drug-likeness (QED) is 0.576. The van der Waals surface area contributed by atoms with E-state index in [0.717, 1.165) is 11.3 Å². The molecule has 7 nitrogen and oxygen atoms in total. The van der Waals surface area contributed by atoms with Crippen molar-refractivity contribution in [3.05, 3.63) is 59.8 Å². The molecule has 0 fully saturated rings. The molecule has 0 bridgehead atoms. The lowest BCUT2D eigenvalue weighted by molar-refractivity contribution is 0.0464. The normalized spacial score (nSPS) is 10.4. The van der Waals surface area contributed by atoms with Crippen LogP contribution in [0.4, 0.5) is 5.69 Å². The molecule has 0 spiro atoms. The van der Waals surface area contributed by atoms with Gasteiger partial charge in [-0.15, -0.1) is 0 Å². The van der Waals surface area contributed by atoms with E-state index in [0.29, 0.717) is 28.5 Å². The maximum absolute atomic E-state index is 12.2. The largest absolute Gasteiger partial charge is 0.493 e. The number of hydrogen-bond acceptors (Lipinski definition) is 7. The monoisotopic (exact) mass is 382 g/mol. The molecular weight excluding hydrogens is 360 g/mol. The maximum atomic E-state index is 12.2. The molecule has 28 heavy (non-hydrogen) atoms. The van der Waals surface area contributed by atoms with Crippen LogP contribution in [0.5, 0.6) is 11.5 Å². The van der Waals surface area contributed by atoms with Gasteiger partial charge in [0.05, 0.1) is 19.8 Å². The first-order valence-electron chi connectivity index (χ1n) is 8.64. The van der Waals surface area contributed by atoms with E-state index in [9.17, 15) is 4.79 Å². The number of rotatable bonds is 7. The van der Waals surface area contributed by atoms with Crippen molar-refractivity contribution < 1.29 is 23.5 Å². The molecule has 0 aliphatic rings. The van der Waals surface area contributed by atoms with E-state index < -0.39 is 5.97 Å². The van der Waals surface area contributed by atoms with Gasteiger partial charge in [-0.05, 0) is 42.5 Å². The Morgan fingerprint density at radius 3 is 2.36 bits per heavy atom. The molecule has 1 heterocycles. The second-order valence-corrected chi connectivity index (χ2v) is 6.27. The lowest BCUT2D eigenvalue weighted by Crippen LogP contribution is -2.09. The lowest BCUT2D eigenvalue weighted by atomic mass is 10.1. The van der Waals surface area contributed by atoms with Gasteiger partial charge in [0.25, 0.3) is 0 Å². The summed E-state index contributed by atoms with van der Waals surface area (Å²) in [5.41, 5.74) is 2.78. The molecule has 2 aromatic carbocycles. The summed E-state index contributed by atoms with van der Waals surface area (Å²) in [4.78, 5) is 14.2. The van der Waals surface area contributed by atoms with E-state index in [2.05, 4.69) is 5.16 Å². The molecular formula is C21H22N2O5. The minimum absolute atomic E-state index is 0.0189. The number of benzene rings is 2. The van der Waals surface area contributed by atoms with Crippen molar-refractivity contribution in [1.82, 2.24) is 5.16 Å². The molecule has 146 valence electrons. The zero-order chi connectivity index (χ0) is 20.1. The van der Waals surface area contributed by atoms with Gasteiger partial charge in [0.2, 0.25) is 0 Å². The summed E-state index contributed by atoms with van der Waals surface area (Å²) in [6.07, 6.45) is 0. The highest BCUT2D eigenvalue weighted by Crippen LogP contribution is 2.32. The van der Waals surface area contributed by atoms with Crippen molar-refractivity contribution >= 4 is 11.7 Å². The van der Waals surface area contributed by atoms with Crippen molar-refractivity contribution in [2.24, 2.45) is 0 Å². The lowest BCUT2D eigenvalue weighted by Gasteiger charge is -2.12. The number of anilines is 1. The summed E-state index contributed by atoms with van der Waals surface area (Å²) in [7, 11) is 7.02. The van der Waals surface area contributed by atoms with Crippen molar-refractivity contribution in [3.63, 3.8) is 0 Å². The summed E-state index contributed by atoms with van der Waals surface area (Å²) in [6.45, 7) is 0.0189. The molecule has 3 aromatic rings. The number of carbonyl (C=O) groups is 1. The number of esters is 1. The first-order valence-corrected chi connectivity index (χ1v) is 8.64. The Hall–Kier alpha value is -3.48. The highest BCUT2D eigenvalue weighted by Gasteiger charge is 2.13. The molecule has 0 aliphatic carbocycles. The Kier molecular flexibility index (Phi) is 5.84. The van der Waals surface area contributed by atoms with Gasteiger partial charge in [-0.2, -0.15) is 0 Å². The molecule has 0 amide bonds. The Bertz CT molecular complexity index is 948. The molecule has 0 aliphatic heterocycles. The van der Waals surface area contributed by atoms with E-state index in [1.807, 2.05) is 37.2 Å². The van der Waals surface area contributed by atoms with Gasteiger partial charge in [-0.1, -0.05) is 5.16 Å². The molecule has 0 saturated carbocycles. The van der Waals surface area contributed by atoms with Gasteiger partial charge >= 0.3 is 5.97 Å². The van der Waals surface area contributed by atoms with Crippen LogP contribution in [0.2, 0.25) is 0 Å². The Balaban J connectivity index is 1.65. The summed E-state index contributed by atoms with van der Waals surface area (Å²) >= 11 is 0. The number of methoxy groups -OCH3 is 2. The summed E-state index contributed by atoms with van der Waals surface area (Å²) in [5, 5.41) is 3.96. The van der Waals surface area contributed by atoms with Gasteiger partial charge in [0, 0.05) is 31.4 Å². The fraction of sp³-hybridized carbons (Fsp3) is 0.238. The van der Waals surface area contributed by atoms with Crippen molar-refractivity contribution in [2.45, 2.75) is 6.61 Å². The highest BCUT2D eigenvalue weighted by molar-refractivity contribution is 5.89. The highest BCUT2D eigenvalue weighted by atomic mass is 16.5. The molecule has 0 atom stereocenters. The van der Waals surface area contributed by atoms with Gasteiger partial charge in [-0.3, -0.25) is 0 Å². The SMILES string of the molecule is COc1ccc(-c2cc(COC(=O)c3ccc(N(C)C)cc3)no2)cc1OC. The van der Waals surface area contributed by atoms with E-state index in [1.165, 1.54) is 0 Å². The zero-order valence-electron chi connectivity index (χ0n) is 16.3.